The SMILES string of the molecule is CCC(C)(CC(C)(C)C(=O)OC1(C)C2CC3CC(C2)CC1C3)C(=O)OC1(C)CCOC(=O)C1. The Bertz CT molecular complexity index is 787. The van der Waals surface area contributed by atoms with Crippen LogP contribution in [0.4, 0.5) is 0 Å². The van der Waals surface area contributed by atoms with Crippen LogP contribution in [0.3, 0.4) is 0 Å². The van der Waals surface area contributed by atoms with Gasteiger partial charge in [0.2, 0.25) is 0 Å². The number of esters is 3. The van der Waals surface area contributed by atoms with Gasteiger partial charge in [-0.25, -0.2) is 0 Å². The molecule has 186 valence electrons. The lowest BCUT2D eigenvalue weighted by Crippen LogP contribution is -2.59. The number of ether oxygens (including phenoxy) is 3. The van der Waals surface area contributed by atoms with Gasteiger partial charge in [-0.2, -0.15) is 0 Å². The van der Waals surface area contributed by atoms with Crippen LogP contribution in [-0.4, -0.2) is 35.7 Å². The summed E-state index contributed by atoms with van der Waals surface area (Å²) in [5.74, 6) is 1.63. The van der Waals surface area contributed by atoms with Crippen molar-refractivity contribution in [3.8, 4) is 0 Å². The number of carbonyl (C=O) groups excluding carboxylic acids is 3. The molecule has 0 radical (unpaired) electrons. The zero-order valence-corrected chi connectivity index (χ0v) is 21.3. The van der Waals surface area contributed by atoms with Crippen molar-refractivity contribution in [2.75, 3.05) is 6.61 Å². The van der Waals surface area contributed by atoms with Crippen LogP contribution in [0, 0.1) is 34.5 Å². The molecule has 4 bridgehead atoms. The highest BCUT2D eigenvalue weighted by molar-refractivity contribution is 5.81. The summed E-state index contributed by atoms with van der Waals surface area (Å²) in [7, 11) is 0. The van der Waals surface area contributed by atoms with Crippen molar-refractivity contribution in [2.45, 2.75) is 111 Å². The number of rotatable bonds is 7. The molecule has 5 rings (SSSR count). The molecule has 2 unspecified atom stereocenters. The van der Waals surface area contributed by atoms with E-state index in [9.17, 15) is 14.4 Å². The maximum absolute atomic E-state index is 13.5. The molecule has 1 saturated heterocycles. The zero-order valence-electron chi connectivity index (χ0n) is 21.3. The van der Waals surface area contributed by atoms with E-state index in [1.54, 1.807) is 6.92 Å². The summed E-state index contributed by atoms with van der Waals surface area (Å²) < 4.78 is 17.3. The van der Waals surface area contributed by atoms with Gasteiger partial charge in [0.25, 0.3) is 0 Å². The number of hydrogen-bond acceptors (Lipinski definition) is 6. The van der Waals surface area contributed by atoms with Crippen LogP contribution >= 0.6 is 0 Å². The van der Waals surface area contributed by atoms with E-state index in [0.717, 1.165) is 11.8 Å². The minimum Gasteiger partial charge on any atom is -0.465 e. The first kappa shape index (κ1) is 24.5. The molecule has 6 nitrogen and oxygen atoms in total. The summed E-state index contributed by atoms with van der Waals surface area (Å²) in [5.41, 5.74) is -2.92. The van der Waals surface area contributed by atoms with Crippen LogP contribution in [0.2, 0.25) is 0 Å². The van der Waals surface area contributed by atoms with Gasteiger partial charge in [-0.15, -0.1) is 0 Å². The summed E-state index contributed by atoms with van der Waals surface area (Å²) in [6.45, 7) is 11.8. The first-order valence-electron chi connectivity index (χ1n) is 12.9. The highest BCUT2D eigenvalue weighted by Gasteiger charge is 2.58. The molecule has 1 heterocycles. The van der Waals surface area contributed by atoms with Gasteiger partial charge in [0.05, 0.1) is 23.9 Å². The minimum absolute atomic E-state index is 0.0626. The van der Waals surface area contributed by atoms with Gasteiger partial charge in [0.15, 0.2) is 0 Å². The molecule has 4 saturated carbocycles. The lowest BCUT2D eigenvalue weighted by atomic mass is 9.50. The van der Waals surface area contributed by atoms with Crippen molar-refractivity contribution in [1.29, 1.82) is 0 Å². The van der Waals surface area contributed by atoms with Crippen LogP contribution in [-0.2, 0) is 28.6 Å². The largest absolute Gasteiger partial charge is 0.465 e. The average Bonchev–Trinajstić information content (AvgIpc) is 2.70. The lowest BCUT2D eigenvalue weighted by Gasteiger charge is -2.59. The zero-order chi connectivity index (χ0) is 24.2. The molecule has 0 spiro atoms. The average molecular weight is 463 g/mol. The maximum atomic E-state index is 13.5. The smallest absolute Gasteiger partial charge is 0.312 e. The van der Waals surface area contributed by atoms with Crippen molar-refractivity contribution in [2.24, 2.45) is 34.5 Å². The van der Waals surface area contributed by atoms with Crippen LogP contribution in [0.1, 0.15) is 99.3 Å². The van der Waals surface area contributed by atoms with Gasteiger partial charge in [0.1, 0.15) is 11.2 Å². The molecule has 33 heavy (non-hydrogen) atoms. The Hall–Kier alpha value is -1.59. The number of carbonyl (C=O) groups is 3. The molecule has 1 aliphatic heterocycles. The molecule has 0 N–H and O–H groups in total. The Kier molecular flexibility index (Phi) is 6.14. The van der Waals surface area contributed by atoms with E-state index in [4.69, 9.17) is 14.2 Å². The van der Waals surface area contributed by atoms with Gasteiger partial charge >= 0.3 is 17.9 Å². The lowest BCUT2D eigenvalue weighted by molar-refractivity contribution is -0.213. The second-order valence-corrected chi connectivity index (χ2v) is 12.8. The molecule has 0 aromatic rings. The summed E-state index contributed by atoms with van der Waals surface area (Å²) >= 11 is 0. The summed E-state index contributed by atoms with van der Waals surface area (Å²) in [6.07, 6.45) is 7.49. The predicted octanol–water partition coefficient (Wildman–Crippen LogP) is 5.22. The Morgan fingerprint density at radius 3 is 2.06 bits per heavy atom. The molecule has 4 aliphatic carbocycles. The van der Waals surface area contributed by atoms with E-state index in [1.807, 2.05) is 27.7 Å². The molecular weight excluding hydrogens is 420 g/mol. The van der Waals surface area contributed by atoms with Crippen LogP contribution in [0.25, 0.3) is 0 Å². The van der Waals surface area contributed by atoms with Crippen molar-refractivity contribution in [3.05, 3.63) is 0 Å². The Morgan fingerprint density at radius 1 is 0.970 bits per heavy atom. The molecule has 5 fully saturated rings. The first-order valence-corrected chi connectivity index (χ1v) is 12.9. The quantitative estimate of drug-likeness (QED) is 0.381. The monoisotopic (exact) mass is 462 g/mol. The second-order valence-electron chi connectivity index (χ2n) is 12.8. The third-order valence-corrected chi connectivity index (χ3v) is 9.48. The van der Waals surface area contributed by atoms with Crippen molar-refractivity contribution < 1.29 is 28.6 Å². The van der Waals surface area contributed by atoms with E-state index in [2.05, 4.69) is 6.92 Å². The van der Waals surface area contributed by atoms with Gasteiger partial charge < -0.3 is 14.2 Å². The standard InChI is InChI=1S/C27H42O6/c1-7-25(4,23(30)32-26(5)8-9-31-21(28)15-26)16-24(2,3)22(29)33-27(6)19-11-17-10-18(13-19)14-20(27)12-17/h17-20H,7-16H2,1-6H3. The number of hydrogen-bond donors (Lipinski definition) is 0. The van der Waals surface area contributed by atoms with Gasteiger partial charge in [0, 0.05) is 6.42 Å². The third kappa shape index (κ3) is 4.55. The molecule has 0 aromatic heterocycles. The topological polar surface area (TPSA) is 78.9 Å². The van der Waals surface area contributed by atoms with Gasteiger partial charge in [-0.1, -0.05) is 6.92 Å². The molecule has 2 atom stereocenters. The van der Waals surface area contributed by atoms with Crippen LogP contribution in [0.5, 0.6) is 0 Å². The molecule has 0 amide bonds. The Labute approximate surface area is 198 Å². The fourth-order valence-corrected chi connectivity index (χ4v) is 7.27. The van der Waals surface area contributed by atoms with Gasteiger partial charge in [-0.3, -0.25) is 14.4 Å². The predicted molar refractivity (Wildman–Crippen MR) is 123 cm³/mol. The van der Waals surface area contributed by atoms with Crippen LogP contribution < -0.4 is 0 Å². The first-order chi connectivity index (χ1) is 15.3. The van der Waals surface area contributed by atoms with Crippen molar-refractivity contribution >= 4 is 17.9 Å². The molecule has 5 aliphatic rings. The fourth-order valence-electron chi connectivity index (χ4n) is 7.27. The van der Waals surface area contributed by atoms with Crippen molar-refractivity contribution in [3.63, 3.8) is 0 Å². The normalized spacial score (nSPS) is 39.5. The highest BCUT2D eigenvalue weighted by atomic mass is 16.6. The van der Waals surface area contributed by atoms with Gasteiger partial charge in [-0.05, 0) is 103 Å². The molecule has 0 aromatic carbocycles. The van der Waals surface area contributed by atoms with E-state index in [0.29, 0.717) is 31.1 Å². The van der Waals surface area contributed by atoms with E-state index in [1.165, 1.54) is 32.1 Å². The second kappa shape index (κ2) is 8.27. The van der Waals surface area contributed by atoms with Crippen LogP contribution in [0.15, 0.2) is 0 Å². The Morgan fingerprint density at radius 2 is 1.55 bits per heavy atom. The van der Waals surface area contributed by atoms with E-state index >= 15 is 0 Å². The highest BCUT2D eigenvalue weighted by Crippen LogP contribution is 2.60. The van der Waals surface area contributed by atoms with E-state index in [-0.39, 0.29) is 36.5 Å². The maximum Gasteiger partial charge on any atom is 0.312 e. The Balaban J connectivity index is 1.44. The summed E-state index contributed by atoms with van der Waals surface area (Å²) in [5, 5.41) is 0. The molecule has 6 heteroatoms. The third-order valence-electron chi connectivity index (χ3n) is 9.48. The summed E-state index contributed by atoms with van der Waals surface area (Å²) in [6, 6.07) is 0. The van der Waals surface area contributed by atoms with Crippen molar-refractivity contribution in [1.82, 2.24) is 0 Å². The fraction of sp³-hybridized carbons (Fsp3) is 0.889. The summed E-state index contributed by atoms with van der Waals surface area (Å²) in [4.78, 5) is 38.6. The minimum atomic E-state index is -0.860. The molecular formula is C27H42O6. The number of cyclic esters (lactones) is 1. The van der Waals surface area contributed by atoms with E-state index < -0.39 is 16.4 Å².